The number of hydrogen-bond acceptors (Lipinski definition) is 2. The zero-order valence-electron chi connectivity index (χ0n) is 10.8. The summed E-state index contributed by atoms with van der Waals surface area (Å²) in [7, 11) is 0. The number of nitrogens with zero attached hydrogens (tertiary/aromatic N) is 1. The van der Waals surface area contributed by atoms with Crippen LogP contribution >= 0.6 is 0 Å². The molecule has 0 radical (unpaired) electrons. The molecule has 0 aliphatic carbocycles. The molecule has 2 heteroatoms. The van der Waals surface area contributed by atoms with E-state index in [1.54, 1.807) is 0 Å². The first-order valence-corrected chi connectivity index (χ1v) is 6.28. The monoisotopic (exact) mass is 249 g/mol. The van der Waals surface area contributed by atoms with Crippen LogP contribution in [0.4, 0.5) is 5.69 Å². The van der Waals surface area contributed by atoms with Gasteiger partial charge in [-0.25, -0.2) is 9.79 Å². The summed E-state index contributed by atoms with van der Waals surface area (Å²) in [5, 5.41) is 0. The fourth-order valence-electron chi connectivity index (χ4n) is 1.82. The van der Waals surface area contributed by atoms with Gasteiger partial charge in [0, 0.05) is 5.56 Å². The van der Waals surface area contributed by atoms with E-state index in [4.69, 9.17) is 0 Å². The van der Waals surface area contributed by atoms with Crippen LogP contribution in [0.1, 0.15) is 18.9 Å². The summed E-state index contributed by atoms with van der Waals surface area (Å²) in [6.45, 7) is 1.93. The molecule has 0 fully saturated rings. The van der Waals surface area contributed by atoms with E-state index in [0.29, 0.717) is 17.7 Å². The molecule has 0 amide bonds. The third-order valence-electron chi connectivity index (χ3n) is 2.81. The van der Waals surface area contributed by atoms with Crippen molar-refractivity contribution < 1.29 is 4.79 Å². The molecule has 94 valence electrons. The number of allylic oxidation sites excluding steroid dienone is 1. The Labute approximate surface area is 113 Å². The van der Waals surface area contributed by atoms with Crippen LogP contribution in [-0.2, 0) is 4.79 Å². The maximum absolute atomic E-state index is 11.1. The number of hydrogen-bond donors (Lipinski definition) is 0. The predicted molar refractivity (Wildman–Crippen MR) is 78.6 cm³/mol. The van der Waals surface area contributed by atoms with Gasteiger partial charge >= 0.3 is 0 Å². The lowest BCUT2D eigenvalue weighted by Gasteiger charge is -2.06. The average molecular weight is 249 g/mol. The summed E-state index contributed by atoms with van der Waals surface area (Å²) in [6, 6.07) is 19.4. The van der Waals surface area contributed by atoms with Crippen LogP contribution in [0.5, 0.6) is 0 Å². The van der Waals surface area contributed by atoms with E-state index < -0.39 is 0 Å². The minimum absolute atomic E-state index is 0.593. The topological polar surface area (TPSA) is 29.4 Å². The van der Waals surface area contributed by atoms with E-state index in [-0.39, 0.29) is 0 Å². The highest BCUT2D eigenvalue weighted by molar-refractivity contribution is 6.17. The molecule has 0 bridgehead atoms. The molecule has 19 heavy (non-hydrogen) atoms. The van der Waals surface area contributed by atoms with Crippen LogP contribution in [0.2, 0.25) is 0 Å². The molecule has 0 atom stereocenters. The van der Waals surface area contributed by atoms with Gasteiger partial charge in [0.05, 0.1) is 17.0 Å². The number of benzene rings is 2. The van der Waals surface area contributed by atoms with Gasteiger partial charge in [-0.2, -0.15) is 0 Å². The molecule has 2 rings (SSSR count). The van der Waals surface area contributed by atoms with Crippen molar-refractivity contribution in [2.45, 2.75) is 13.3 Å². The Balaban J connectivity index is 2.53. The van der Waals surface area contributed by atoms with Gasteiger partial charge in [-0.05, 0) is 18.6 Å². The van der Waals surface area contributed by atoms with Crippen LogP contribution < -0.4 is 0 Å². The van der Waals surface area contributed by atoms with Crippen molar-refractivity contribution in [2.24, 2.45) is 4.99 Å². The Kier molecular flexibility index (Phi) is 4.44. The predicted octanol–water partition coefficient (Wildman–Crippen LogP) is 3.98. The highest BCUT2D eigenvalue weighted by atomic mass is 16.1. The first-order valence-electron chi connectivity index (χ1n) is 6.28. The Morgan fingerprint density at radius 1 is 1.00 bits per heavy atom. The highest BCUT2D eigenvalue weighted by Crippen LogP contribution is 2.17. The second-order valence-corrected chi connectivity index (χ2v) is 4.10. The van der Waals surface area contributed by atoms with E-state index in [2.05, 4.69) is 4.99 Å². The van der Waals surface area contributed by atoms with Crippen molar-refractivity contribution in [2.75, 3.05) is 0 Å². The minimum atomic E-state index is 0.593. The molecule has 2 aromatic rings. The van der Waals surface area contributed by atoms with Crippen LogP contribution in [0, 0.1) is 0 Å². The van der Waals surface area contributed by atoms with Crippen LogP contribution in [0.3, 0.4) is 0 Å². The van der Waals surface area contributed by atoms with Gasteiger partial charge in [-0.3, -0.25) is 0 Å². The Hall–Kier alpha value is -2.44. The molecule has 0 unspecified atom stereocenters. The SMILES string of the molecule is CCC(=C=O)C(=Nc1ccccc1)c1ccccc1. The zero-order valence-corrected chi connectivity index (χ0v) is 10.8. The number of aliphatic imine (C=N–C) groups is 1. The van der Waals surface area contributed by atoms with Crippen molar-refractivity contribution in [3.63, 3.8) is 0 Å². The number of para-hydroxylation sites is 1. The zero-order chi connectivity index (χ0) is 13.5. The maximum atomic E-state index is 11.1. The lowest BCUT2D eigenvalue weighted by atomic mass is 10.0. The second kappa shape index (κ2) is 6.48. The molecule has 2 aromatic carbocycles. The van der Waals surface area contributed by atoms with E-state index in [1.165, 1.54) is 0 Å². The first kappa shape index (κ1) is 13.0. The second-order valence-electron chi connectivity index (χ2n) is 4.10. The molecule has 0 heterocycles. The van der Waals surface area contributed by atoms with Crippen LogP contribution in [0.15, 0.2) is 71.2 Å². The van der Waals surface area contributed by atoms with Gasteiger partial charge in [0.25, 0.3) is 0 Å². The fraction of sp³-hybridized carbons (Fsp3) is 0.118. The molecule has 2 nitrogen and oxygen atoms in total. The molecule has 0 aliphatic rings. The van der Waals surface area contributed by atoms with Crippen molar-refractivity contribution in [1.29, 1.82) is 0 Å². The summed E-state index contributed by atoms with van der Waals surface area (Å²) >= 11 is 0. The van der Waals surface area contributed by atoms with Crippen molar-refractivity contribution >= 4 is 17.3 Å². The van der Waals surface area contributed by atoms with Gasteiger partial charge in [-0.15, -0.1) is 0 Å². The molecule has 0 aliphatic heterocycles. The molecule has 0 saturated heterocycles. The van der Waals surface area contributed by atoms with Crippen molar-refractivity contribution in [3.05, 3.63) is 71.8 Å². The lowest BCUT2D eigenvalue weighted by molar-refractivity contribution is 0.567. The summed E-state index contributed by atoms with van der Waals surface area (Å²) in [6.07, 6.45) is 0.615. The molecular weight excluding hydrogens is 234 g/mol. The van der Waals surface area contributed by atoms with Crippen molar-refractivity contribution in [1.82, 2.24) is 0 Å². The standard InChI is InChI=1S/C17H15NO/c1-2-14(13-19)17(15-9-5-3-6-10-15)18-16-11-7-4-8-12-16/h3-12H,2H2,1H3. The number of carbonyl (C=O) groups excluding carboxylic acids is 1. The van der Waals surface area contributed by atoms with Gasteiger partial charge in [0.1, 0.15) is 5.94 Å². The summed E-state index contributed by atoms with van der Waals surface area (Å²) in [5.74, 6) is 2.01. The maximum Gasteiger partial charge on any atom is 0.130 e. The molecule has 0 spiro atoms. The first-order chi connectivity index (χ1) is 9.35. The van der Waals surface area contributed by atoms with E-state index in [1.807, 2.05) is 73.5 Å². The summed E-state index contributed by atoms with van der Waals surface area (Å²) < 4.78 is 0. The molecule has 0 N–H and O–H groups in total. The summed E-state index contributed by atoms with van der Waals surface area (Å²) in [4.78, 5) is 15.7. The highest BCUT2D eigenvalue weighted by Gasteiger charge is 2.09. The van der Waals surface area contributed by atoms with Gasteiger partial charge < -0.3 is 0 Å². The largest absolute Gasteiger partial charge is 0.247 e. The third kappa shape index (κ3) is 3.27. The Morgan fingerprint density at radius 3 is 2.11 bits per heavy atom. The van der Waals surface area contributed by atoms with Gasteiger partial charge in [0.2, 0.25) is 0 Å². The van der Waals surface area contributed by atoms with E-state index in [0.717, 1.165) is 11.3 Å². The van der Waals surface area contributed by atoms with E-state index in [9.17, 15) is 4.79 Å². The molecular formula is C17H15NO. The minimum Gasteiger partial charge on any atom is -0.247 e. The fourth-order valence-corrected chi connectivity index (χ4v) is 1.82. The third-order valence-corrected chi connectivity index (χ3v) is 2.81. The van der Waals surface area contributed by atoms with Gasteiger partial charge in [-0.1, -0.05) is 55.5 Å². The molecule has 0 saturated carbocycles. The smallest absolute Gasteiger partial charge is 0.130 e. The molecule has 0 aromatic heterocycles. The Morgan fingerprint density at radius 2 is 1.58 bits per heavy atom. The van der Waals surface area contributed by atoms with Crippen LogP contribution in [-0.4, -0.2) is 11.7 Å². The lowest BCUT2D eigenvalue weighted by Crippen LogP contribution is -2.05. The van der Waals surface area contributed by atoms with Crippen molar-refractivity contribution in [3.8, 4) is 0 Å². The number of rotatable bonds is 4. The van der Waals surface area contributed by atoms with Crippen LogP contribution in [0.25, 0.3) is 0 Å². The average Bonchev–Trinajstić information content (AvgIpc) is 2.49. The normalized spacial score (nSPS) is 10.9. The Bertz CT molecular complexity index is 608. The van der Waals surface area contributed by atoms with E-state index >= 15 is 0 Å². The quantitative estimate of drug-likeness (QED) is 0.595. The van der Waals surface area contributed by atoms with Gasteiger partial charge in [0.15, 0.2) is 0 Å². The summed E-state index contributed by atoms with van der Waals surface area (Å²) in [5.41, 5.74) is 3.06.